The summed E-state index contributed by atoms with van der Waals surface area (Å²) in [5, 5.41) is 0.279. The first kappa shape index (κ1) is 27.7. The zero-order chi connectivity index (χ0) is 26.9. The van der Waals surface area contributed by atoms with Crippen LogP contribution in [-0.4, -0.2) is 93.7 Å². The Morgan fingerprint density at radius 3 is 1.22 bits per heavy atom. The van der Waals surface area contributed by atoms with Gasteiger partial charge in [-0.15, -0.1) is 0 Å². The van der Waals surface area contributed by atoms with Crippen molar-refractivity contribution in [3.8, 4) is 0 Å². The summed E-state index contributed by atoms with van der Waals surface area (Å²) in [4.78, 5) is 62.5. The van der Waals surface area contributed by atoms with E-state index in [4.69, 9.17) is 24.4 Å². The quantitative estimate of drug-likeness (QED) is 0.375. The van der Waals surface area contributed by atoms with Crippen LogP contribution in [0.1, 0.15) is 39.2 Å². The van der Waals surface area contributed by atoms with Crippen molar-refractivity contribution >= 4 is 64.0 Å². The highest BCUT2D eigenvalue weighted by Gasteiger charge is 2.55. The lowest BCUT2D eigenvalue weighted by molar-refractivity contribution is -0.153. The molecule has 0 radical (unpaired) electrons. The average molecular weight is 532 g/mol. The van der Waals surface area contributed by atoms with Crippen LogP contribution in [0.2, 0.25) is 0 Å². The van der Waals surface area contributed by atoms with Gasteiger partial charge in [-0.05, 0) is 69.8 Å². The highest BCUT2D eigenvalue weighted by atomic mass is 32.1. The summed E-state index contributed by atoms with van der Waals surface area (Å²) in [6, 6.07) is 7.25. The van der Waals surface area contributed by atoms with Gasteiger partial charge in [0.05, 0.1) is 0 Å². The van der Waals surface area contributed by atoms with E-state index in [1.165, 1.54) is 19.6 Å². The van der Waals surface area contributed by atoms with Crippen LogP contribution in [0.15, 0.2) is 24.3 Å². The van der Waals surface area contributed by atoms with Crippen molar-refractivity contribution in [2.75, 3.05) is 45.2 Å². The molecule has 3 rings (SSSR count). The molecule has 2 saturated heterocycles. The summed E-state index contributed by atoms with van der Waals surface area (Å²) in [7, 11) is 3.79. The van der Waals surface area contributed by atoms with Crippen LogP contribution in [0.5, 0.6) is 0 Å². The standard InChI is InChI=1S/C25H33N5O4S2/c1-7-27-20(31)18(21(32)28(8-2)24(27)35)17(15-11-13-16(14-12-15)26(5)6)19-22(33)29(9-3)25(36)30(10-4)23(19)34/h11-14,17-19H,7-10H2,1-6H3. The normalized spacial score (nSPS) is 18.3. The lowest BCUT2D eigenvalue weighted by Gasteiger charge is -2.45. The lowest BCUT2D eigenvalue weighted by Crippen LogP contribution is -2.65. The first-order valence-electron chi connectivity index (χ1n) is 12.2. The first-order valence-corrected chi connectivity index (χ1v) is 13.0. The van der Waals surface area contributed by atoms with Crippen LogP contribution >= 0.6 is 24.4 Å². The molecule has 11 heteroatoms. The molecule has 0 aliphatic carbocycles. The third-order valence-corrected chi connectivity index (χ3v) is 7.71. The summed E-state index contributed by atoms with van der Waals surface area (Å²) in [5.74, 6) is -5.61. The predicted molar refractivity (Wildman–Crippen MR) is 145 cm³/mol. The molecule has 1 aromatic carbocycles. The molecular formula is C25H33N5O4S2. The Balaban J connectivity index is 2.25. The molecule has 4 amide bonds. The fraction of sp³-hybridized carbons (Fsp3) is 0.520. The molecule has 0 spiro atoms. The zero-order valence-electron chi connectivity index (χ0n) is 21.6. The first-order chi connectivity index (χ1) is 17.0. The minimum Gasteiger partial charge on any atom is -0.378 e. The second-order valence-corrected chi connectivity index (χ2v) is 9.59. The van der Waals surface area contributed by atoms with Crippen LogP contribution in [0.25, 0.3) is 0 Å². The third kappa shape index (κ3) is 4.50. The maximum Gasteiger partial charge on any atom is 0.242 e. The molecule has 2 fully saturated rings. The van der Waals surface area contributed by atoms with E-state index in [-0.39, 0.29) is 36.4 Å². The van der Waals surface area contributed by atoms with Crippen molar-refractivity contribution in [1.82, 2.24) is 19.6 Å². The second kappa shape index (κ2) is 11.0. The molecule has 1 aromatic rings. The van der Waals surface area contributed by atoms with Crippen molar-refractivity contribution in [2.24, 2.45) is 11.8 Å². The number of carbonyl (C=O) groups excluding carboxylic acids is 4. The number of hydrogen-bond donors (Lipinski definition) is 0. The number of thiocarbonyl (C=S) groups is 2. The van der Waals surface area contributed by atoms with Gasteiger partial charge < -0.3 is 4.90 Å². The fourth-order valence-electron chi connectivity index (χ4n) is 4.90. The maximum atomic E-state index is 13.8. The Morgan fingerprint density at radius 2 is 0.972 bits per heavy atom. The van der Waals surface area contributed by atoms with E-state index in [0.717, 1.165) is 5.69 Å². The number of anilines is 1. The van der Waals surface area contributed by atoms with Crippen molar-refractivity contribution in [1.29, 1.82) is 0 Å². The van der Waals surface area contributed by atoms with Gasteiger partial charge in [0, 0.05) is 51.9 Å². The van der Waals surface area contributed by atoms with Crippen LogP contribution in [0.4, 0.5) is 5.69 Å². The van der Waals surface area contributed by atoms with Crippen LogP contribution in [-0.2, 0) is 19.2 Å². The molecule has 0 saturated carbocycles. The van der Waals surface area contributed by atoms with Gasteiger partial charge in [0.1, 0.15) is 11.8 Å². The molecule has 0 unspecified atom stereocenters. The monoisotopic (exact) mass is 531 g/mol. The van der Waals surface area contributed by atoms with Gasteiger partial charge in [-0.1, -0.05) is 12.1 Å². The van der Waals surface area contributed by atoms with E-state index in [1.54, 1.807) is 39.8 Å². The Labute approximate surface area is 223 Å². The molecule has 2 heterocycles. The summed E-state index contributed by atoms with van der Waals surface area (Å²) in [6.45, 7) is 8.17. The minimum atomic E-state index is -1.29. The zero-order valence-corrected chi connectivity index (χ0v) is 23.2. The molecule has 9 nitrogen and oxygen atoms in total. The highest BCUT2D eigenvalue weighted by Crippen LogP contribution is 2.41. The van der Waals surface area contributed by atoms with Gasteiger partial charge in [-0.3, -0.25) is 38.8 Å². The molecule has 0 N–H and O–H groups in total. The van der Waals surface area contributed by atoms with E-state index in [2.05, 4.69) is 0 Å². The maximum absolute atomic E-state index is 13.8. The molecule has 0 atom stereocenters. The van der Waals surface area contributed by atoms with Gasteiger partial charge in [0.25, 0.3) is 0 Å². The number of hydrogen-bond acceptors (Lipinski definition) is 7. The molecule has 36 heavy (non-hydrogen) atoms. The van der Waals surface area contributed by atoms with Crippen molar-refractivity contribution in [3.63, 3.8) is 0 Å². The third-order valence-electron chi connectivity index (χ3n) is 6.83. The van der Waals surface area contributed by atoms with Crippen LogP contribution in [0, 0.1) is 11.8 Å². The van der Waals surface area contributed by atoms with Gasteiger partial charge >= 0.3 is 0 Å². The fourth-order valence-corrected chi connectivity index (χ4v) is 5.78. The molecule has 0 aromatic heterocycles. The summed E-state index contributed by atoms with van der Waals surface area (Å²) < 4.78 is 0. The number of rotatable bonds is 8. The number of nitrogens with zero attached hydrogens (tertiary/aromatic N) is 5. The molecule has 2 aliphatic rings. The van der Waals surface area contributed by atoms with Crippen molar-refractivity contribution < 1.29 is 19.2 Å². The summed E-state index contributed by atoms with van der Waals surface area (Å²) >= 11 is 10.9. The topological polar surface area (TPSA) is 84.5 Å². The van der Waals surface area contributed by atoms with E-state index < -0.39 is 41.4 Å². The second-order valence-electron chi connectivity index (χ2n) is 8.86. The van der Waals surface area contributed by atoms with E-state index >= 15 is 0 Å². The van der Waals surface area contributed by atoms with Gasteiger partial charge in [-0.25, -0.2) is 0 Å². The summed E-state index contributed by atoms with van der Waals surface area (Å²) in [5.41, 5.74) is 1.46. The average Bonchev–Trinajstić information content (AvgIpc) is 2.84. The lowest BCUT2D eigenvalue weighted by atomic mass is 9.73. The van der Waals surface area contributed by atoms with Gasteiger partial charge in [0.2, 0.25) is 23.6 Å². The number of carbonyl (C=O) groups is 4. The smallest absolute Gasteiger partial charge is 0.242 e. The number of benzene rings is 1. The number of amides is 4. The molecular weight excluding hydrogens is 498 g/mol. The minimum absolute atomic E-state index is 0.140. The SMILES string of the molecule is CCN1C(=O)C(C(c2ccc(N(C)C)cc2)C2C(=O)N(CC)C(=S)N(CC)C2=O)C(=O)N(CC)C1=S. The summed E-state index contributed by atoms with van der Waals surface area (Å²) in [6.07, 6.45) is 0. The van der Waals surface area contributed by atoms with Crippen molar-refractivity contribution in [2.45, 2.75) is 33.6 Å². The largest absolute Gasteiger partial charge is 0.378 e. The predicted octanol–water partition coefficient (Wildman–Crippen LogP) is 2.06. The molecule has 194 valence electrons. The van der Waals surface area contributed by atoms with Crippen LogP contribution in [0.3, 0.4) is 0 Å². The van der Waals surface area contributed by atoms with E-state index in [0.29, 0.717) is 5.56 Å². The van der Waals surface area contributed by atoms with Crippen molar-refractivity contribution in [3.05, 3.63) is 29.8 Å². The van der Waals surface area contributed by atoms with Crippen LogP contribution < -0.4 is 4.90 Å². The van der Waals surface area contributed by atoms with E-state index in [9.17, 15) is 19.2 Å². The highest BCUT2D eigenvalue weighted by molar-refractivity contribution is 7.80. The molecule has 0 bridgehead atoms. The van der Waals surface area contributed by atoms with Gasteiger partial charge in [-0.2, -0.15) is 0 Å². The Bertz CT molecular complexity index is 978. The Morgan fingerprint density at radius 1 is 0.667 bits per heavy atom. The Kier molecular flexibility index (Phi) is 8.45. The van der Waals surface area contributed by atoms with E-state index in [1.807, 2.05) is 31.1 Å². The van der Waals surface area contributed by atoms with Gasteiger partial charge in [0.15, 0.2) is 10.2 Å². The molecule has 2 aliphatic heterocycles. The Hall–Kier alpha value is -2.92.